The number of hydrogen-bond acceptors (Lipinski definition) is 2. The molecule has 1 aliphatic rings. The average molecular weight is 419 g/mol. The Bertz CT molecular complexity index is 496. The molecule has 1 saturated heterocycles. The van der Waals surface area contributed by atoms with Crippen LogP contribution in [-0.4, -0.2) is 35.0 Å². The van der Waals surface area contributed by atoms with Crippen molar-refractivity contribution in [3.63, 3.8) is 0 Å². The number of likely N-dealkylation sites (tertiary alicyclic amines) is 1. The Balaban J connectivity index is 2.10. The van der Waals surface area contributed by atoms with Crippen molar-refractivity contribution in [1.29, 1.82) is 0 Å². The number of hydrogen-bond donors (Lipinski definition) is 0. The number of nitrogens with zero attached hydrogens (tertiary/aromatic N) is 1. The number of amides is 1. The van der Waals surface area contributed by atoms with Crippen molar-refractivity contribution < 1.29 is 9.53 Å². The Hall–Kier alpha value is -0.550. The molecule has 1 fully saturated rings. The summed E-state index contributed by atoms with van der Waals surface area (Å²) in [6.07, 6.45) is -0.215. The summed E-state index contributed by atoms with van der Waals surface area (Å²) >= 11 is 7.04. The van der Waals surface area contributed by atoms with E-state index in [2.05, 4.69) is 56.1 Å². The third-order valence-corrected chi connectivity index (χ3v) is 4.95. The molecule has 0 radical (unpaired) electrons. The van der Waals surface area contributed by atoms with Crippen LogP contribution in [0.15, 0.2) is 28.7 Å². The first kappa shape index (κ1) is 16.8. The van der Waals surface area contributed by atoms with Gasteiger partial charge in [-0.3, -0.25) is 0 Å². The lowest BCUT2D eigenvalue weighted by molar-refractivity contribution is 0.0288. The van der Waals surface area contributed by atoms with E-state index < -0.39 is 5.60 Å². The first-order valence-corrected chi connectivity index (χ1v) is 9.01. The molecule has 2 atom stereocenters. The van der Waals surface area contributed by atoms with E-state index in [0.717, 1.165) is 16.3 Å². The van der Waals surface area contributed by atoms with E-state index in [-0.39, 0.29) is 6.09 Å². The zero-order valence-corrected chi connectivity index (χ0v) is 15.8. The first-order valence-electron chi connectivity index (χ1n) is 7.09. The summed E-state index contributed by atoms with van der Waals surface area (Å²) in [7, 11) is 0. The highest BCUT2D eigenvalue weighted by atomic mass is 79.9. The van der Waals surface area contributed by atoms with E-state index in [1.165, 1.54) is 5.56 Å². The summed E-state index contributed by atoms with van der Waals surface area (Å²) < 4.78 is 6.55. The van der Waals surface area contributed by atoms with E-state index in [9.17, 15) is 4.79 Å². The van der Waals surface area contributed by atoms with E-state index in [1.807, 2.05) is 25.7 Å². The maximum absolute atomic E-state index is 12.2. The molecule has 0 saturated carbocycles. The highest BCUT2D eigenvalue weighted by Gasteiger charge is 2.37. The number of carbonyl (C=O) groups excluding carboxylic acids is 1. The smallest absolute Gasteiger partial charge is 0.410 e. The predicted molar refractivity (Wildman–Crippen MR) is 92.0 cm³/mol. The van der Waals surface area contributed by atoms with Gasteiger partial charge in [-0.05, 0) is 44.4 Å². The molecule has 1 amide bonds. The fourth-order valence-electron chi connectivity index (χ4n) is 2.59. The number of ether oxygens (including phenoxy) is 1. The second-order valence-electron chi connectivity index (χ2n) is 6.46. The van der Waals surface area contributed by atoms with Crippen molar-refractivity contribution >= 4 is 38.0 Å². The molecule has 0 N–H and O–H groups in total. The topological polar surface area (TPSA) is 29.5 Å². The molecule has 1 aromatic carbocycles. The highest BCUT2D eigenvalue weighted by Crippen LogP contribution is 2.35. The Morgan fingerprint density at radius 2 is 1.90 bits per heavy atom. The van der Waals surface area contributed by atoms with Crippen LogP contribution in [0.2, 0.25) is 0 Å². The minimum Gasteiger partial charge on any atom is -0.444 e. The fraction of sp³-hybridized carbons (Fsp3) is 0.562. The summed E-state index contributed by atoms with van der Waals surface area (Å²) in [5.74, 6) is 0.767. The second-order valence-corrected chi connectivity index (χ2v) is 8.02. The van der Waals surface area contributed by atoms with Gasteiger partial charge >= 0.3 is 6.09 Å². The van der Waals surface area contributed by atoms with Crippen molar-refractivity contribution in [3.05, 3.63) is 34.3 Å². The van der Waals surface area contributed by atoms with Crippen LogP contribution in [0.3, 0.4) is 0 Å². The quantitative estimate of drug-likeness (QED) is 0.646. The van der Waals surface area contributed by atoms with Crippen molar-refractivity contribution in [2.24, 2.45) is 5.92 Å². The summed E-state index contributed by atoms with van der Waals surface area (Å²) in [6, 6.07) is 8.36. The molecule has 2 rings (SSSR count). The lowest BCUT2D eigenvalue weighted by atomic mass is 9.90. The first-order chi connectivity index (χ1) is 9.80. The lowest BCUT2D eigenvalue weighted by Gasteiger charge is -2.24. The van der Waals surface area contributed by atoms with Crippen LogP contribution in [-0.2, 0) is 4.74 Å². The van der Waals surface area contributed by atoms with Crippen molar-refractivity contribution in [2.75, 3.05) is 18.4 Å². The SMILES string of the molecule is CC(C)(C)OC(=O)N1C[C@@H](CBr)[C@H](c2ccc(Br)cc2)C1. The molecular weight excluding hydrogens is 398 g/mol. The van der Waals surface area contributed by atoms with Gasteiger partial charge in [0, 0.05) is 28.8 Å². The zero-order valence-electron chi connectivity index (χ0n) is 12.6. The molecule has 3 nitrogen and oxygen atoms in total. The molecular formula is C16H21Br2NO2. The Labute approximate surface area is 143 Å². The van der Waals surface area contributed by atoms with Crippen molar-refractivity contribution in [2.45, 2.75) is 32.3 Å². The van der Waals surface area contributed by atoms with Crippen LogP contribution in [0.25, 0.3) is 0 Å². The number of rotatable bonds is 2. The van der Waals surface area contributed by atoms with E-state index in [0.29, 0.717) is 18.4 Å². The van der Waals surface area contributed by atoms with Crippen LogP contribution >= 0.6 is 31.9 Å². The minimum absolute atomic E-state index is 0.215. The summed E-state index contributed by atoms with van der Waals surface area (Å²) in [5.41, 5.74) is 0.824. The van der Waals surface area contributed by atoms with Gasteiger partial charge in [-0.15, -0.1) is 0 Å². The molecule has 0 aromatic heterocycles. The molecule has 0 unspecified atom stereocenters. The van der Waals surface area contributed by atoms with Crippen LogP contribution < -0.4 is 0 Å². The number of carbonyl (C=O) groups is 1. The monoisotopic (exact) mass is 417 g/mol. The normalized spacial score (nSPS) is 22.4. The molecule has 1 heterocycles. The molecule has 1 aromatic rings. The third-order valence-electron chi connectivity index (χ3n) is 3.59. The largest absolute Gasteiger partial charge is 0.444 e. The molecule has 1 aliphatic heterocycles. The maximum atomic E-state index is 12.2. The Kier molecular flexibility index (Phi) is 5.36. The summed E-state index contributed by atoms with van der Waals surface area (Å²) in [4.78, 5) is 14.1. The third kappa shape index (κ3) is 4.46. The molecule has 0 aliphatic carbocycles. The van der Waals surface area contributed by atoms with Crippen LogP contribution in [0.5, 0.6) is 0 Å². The van der Waals surface area contributed by atoms with E-state index >= 15 is 0 Å². The Morgan fingerprint density at radius 1 is 1.29 bits per heavy atom. The van der Waals surface area contributed by atoms with Gasteiger partial charge in [-0.25, -0.2) is 4.79 Å². The lowest BCUT2D eigenvalue weighted by Crippen LogP contribution is -2.35. The maximum Gasteiger partial charge on any atom is 0.410 e. The molecule has 5 heteroatoms. The van der Waals surface area contributed by atoms with Gasteiger partial charge < -0.3 is 9.64 Å². The van der Waals surface area contributed by atoms with Gasteiger partial charge in [0.25, 0.3) is 0 Å². The van der Waals surface area contributed by atoms with Crippen LogP contribution in [0.1, 0.15) is 32.3 Å². The van der Waals surface area contributed by atoms with E-state index in [4.69, 9.17) is 4.74 Å². The summed E-state index contributed by atoms with van der Waals surface area (Å²) in [6.45, 7) is 7.15. The van der Waals surface area contributed by atoms with Crippen molar-refractivity contribution in [1.82, 2.24) is 4.90 Å². The minimum atomic E-state index is -0.448. The van der Waals surface area contributed by atoms with Crippen LogP contribution in [0, 0.1) is 5.92 Å². The second kappa shape index (κ2) is 6.69. The molecule has 116 valence electrons. The highest BCUT2D eigenvalue weighted by molar-refractivity contribution is 9.10. The number of alkyl halides is 1. The summed E-state index contributed by atoms with van der Waals surface area (Å²) in [5, 5.41) is 0.882. The molecule has 0 spiro atoms. The number of halogens is 2. The fourth-order valence-corrected chi connectivity index (χ4v) is 3.51. The zero-order chi connectivity index (χ0) is 15.6. The van der Waals surface area contributed by atoms with Gasteiger partial charge in [0.15, 0.2) is 0 Å². The average Bonchev–Trinajstić information content (AvgIpc) is 2.82. The molecule has 21 heavy (non-hydrogen) atoms. The van der Waals surface area contributed by atoms with Gasteiger partial charge in [0.2, 0.25) is 0 Å². The van der Waals surface area contributed by atoms with Gasteiger partial charge in [-0.1, -0.05) is 44.0 Å². The standard InChI is InChI=1S/C16H21Br2NO2/c1-16(2,3)21-15(20)19-9-12(8-17)14(10-19)11-4-6-13(18)7-5-11/h4-7,12,14H,8-10H2,1-3H3/t12-,14+/m1/s1. The van der Waals surface area contributed by atoms with Gasteiger partial charge in [0.05, 0.1) is 0 Å². The van der Waals surface area contributed by atoms with Gasteiger partial charge in [-0.2, -0.15) is 0 Å². The van der Waals surface area contributed by atoms with Crippen LogP contribution in [0.4, 0.5) is 4.79 Å². The van der Waals surface area contributed by atoms with Crippen molar-refractivity contribution in [3.8, 4) is 0 Å². The van der Waals surface area contributed by atoms with E-state index in [1.54, 1.807) is 0 Å². The Morgan fingerprint density at radius 3 is 2.43 bits per heavy atom. The predicted octanol–water partition coefficient (Wildman–Crippen LogP) is 4.79. The molecule has 0 bridgehead atoms. The van der Waals surface area contributed by atoms with Gasteiger partial charge in [0.1, 0.15) is 5.60 Å². The number of benzene rings is 1.